The molecule has 2 rings (SSSR count). The Morgan fingerprint density at radius 2 is 2.12 bits per heavy atom. The highest BCUT2D eigenvalue weighted by molar-refractivity contribution is 5.85. The maximum Gasteiger partial charge on any atom is 0.354 e. The summed E-state index contributed by atoms with van der Waals surface area (Å²) in [4.78, 5) is 14.8. The summed E-state index contributed by atoms with van der Waals surface area (Å²) in [7, 11) is 1.65. The van der Waals surface area contributed by atoms with Gasteiger partial charge in [-0.3, -0.25) is 0 Å². The molecule has 1 aromatic heterocycles. The van der Waals surface area contributed by atoms with Gasteiger partial charge in [-0.15, -0.1) is 0 Å². The van der Waals surface area contributed by atoms with Crippen LogP contribution < -0.4 is 4.74 Å². The minimum atomic E-state index is -0.994. The Hall–Kier alpha value is -2.30. The van der Waals surface area contributed by atoms with Gasteiger partial charge in [0.1, 0.15) is 23.9 Å². The zero-order valence-corrected chi connectivity index (χ0v) is 9.33. The van der Waals surface area contributed by atoms with Crippen molar-refractivity contribution in [3.05, 3.63) is 48.0 Å². The smallest absolute Gasteiger partial charge is 0.354 e. The van der Waals surface area contributed by atoms with E-state index in [2.05, 4.69) is 4.98 Å². The zero-order chi connectivity index (χ0) is 12.3. The summed E-state index contributed by atoms with van der Waals surface area (Å²) < 4.78 is 6.99. The lowest BCUT2D eigenvalue weighted by molar-refractivity contribution is 0.0686. The van der Waals surface area contributed by atoms with Crippen molar-refractivity contribution in [2.24, 2.45) is 7.05 Å². The van der Waals surface area contributed by atoms with Crippen LogP contribution in [0, 0.1) is 0 Å². The molecular weight excluding hydrogens is 220 g/mol. The molecule has 17 heavy (non-hydrogen) atoms. The van der Waals surface area contributed by atoms with Gasteiger partial charge in [-0.1, -0.05) is 18.2 Å². The van der Waals surface area contributed by atoms with Crippen LogP contribution >= 0.6 is 0 Å². The first-order valence-corrected chi connectivity index (χ1v) is 5.10. The third-order valence-corrected chi connectivity index (χ3v) is 2.41. The molecule has 0 aliphatic rings. The van der Waals surface area contributed by atoms with Crippen molar-refractivity contribution in [1.29, 1.82) is 0 Å². The van der Waals surface area contributed by atoms with Crippen molar-refractivity contribution in [2.75, 3.05) is 0 Å². The van der Waals surface area contributed by atoms with Crippen LogP contribution in [0.2, 0.25) is 0 Å². The molecule has 88 valence electrons. The molecule has 0 amide bonds. The van der Waals surface area contributed by atoms with Crippen LogP contribution in [0.15, 0.2) is 36.5 Å². The van der Waals surface area contributed by atoms with E-state index in [-0.39, 0.29) is 12.3 Å². The van der Waals surface area contributed by atoms with Crippen LogP contribution in [-0.4, -0.2) is 20.6 Å². The molecule has 5 heteroatoms. The fourth-order valence-corrected chi connectivity index (χ4v) is 1.45. The Morgan fingerprint density at radius 1 is 1.41 bits per heavy atom. The molecule has 0 atom stereocenters. The first kappa shape index (κ1) is 11.2. The molecule has 0 fully saturated rings. The van der Waals surface area contributed by atoms with Crippen molar-refractivity contribution in [1.82, 2.24) is 9.55 Å². The molecule has 1 N–H and O–H groups in total. The Bertz CT molecular complexity index is 520. The standard InChI is InChI=1S/C12H12N2O3/c1-14-10(12(15)16)7-13-11(14)8-17-9-5-3-2-4-6-9/h2-7H,8H2,1H3,(H,15,16). The average molecular weight is 232 g/mol. The number of imidazole rings is 1. The lowest BCUT2D eigenvalue weighted by Crippen LogP contribution is -2.09. The second-order valence-electron chi connectivity index (χ2n) is 3.53. The van der Waals surface area contributed by atoms with Gasteiger partial charge < -0.3 is 14.4 Å². The van der Waals surface area contributed by atoms with Gasteiger partial charge in [-0.25, -0.2) is 9.78 Å². The topological polar surface area (TPSA) is 64.4 Å². The minimum absolute atomic E-state index is 0.150. The van der Waals surface area contributed by atoms with E-state index in [0.717, 1.165) is 5.75 Å². The largest absolute Gasteiger partial charge is 0.486 e. The third kappa shape index (κ3) is 2.44. The molecule has 0 saturated heterocycles. The van der Waals surface area contributed by atoms with E-state index in [4.69, 9.17) is 9.84 Å². The highest BCUT2D eigenvalue weighted by Crippen LogP contribution is 2.11. The quantitative estimate of drug-likeness (QED) is 0.871. The number of aromatic nitrogens is 2. The van der Waals surface area contributed by atoms with Crippen molar-refractivity contribution < 1.29 is 14.6 Å². The molecule has 1 aromatic carbocycles. The predicted octanol–water partition coefficient (Wildman–Crippen LogP) is 1.70. The van der Waals surface area contributed by atoms with Gasteiger partial charge in [0.15, 0.2) is 0 Å². The number of para-hydroxylation sites is 1. The second-order valence-corrected chi connectivity index (χ2v) is 3.53. The maximum absolute atomic E-state index is 10.8. The van der Waals surface area contributed by atoms with E-state index in [9.17, 15) is 4.79 Å². The summed E-state index contributed by atoms with van der Waals surface area (Å²) in [5.74, 6) is 0.310. The highest BCUT2D eigenvalue weighted by Gasteiger charge is 2.12. The van der Waals surface area contributed by atoms with Crippen LogP contribution in [0.4, 0.5) is 0 Å². The van der Waals surface area contributed by atoms with E-state index >= 15 is 0 Å². The molecule has 0 spiro atoms. The number of carboxylic acids is 1. The zero-order valence-electron chi connectivity index (χ0n) is 9.33. The van der Waals surface area contributed by atoms with Crippen molar-refractivity contribution >= 4 is 5.97 Å². The normalized spacial score (nSPS) is 10.2. The van der Waals surface area contributed by atoms with Gasteiger partial charge in [0.25, 0.3) is 0 Å². The Balaban J connectivity index is 2.07. The van der Waals surface area contributed by atoms with Crippen molar-refractivity contribution in [3.8, 4) is 5.75 Å². The summed E-state index contributed by atoms with van der Waals surface area (Å²) in [6.07, 6.45) is 1.33. The first-order chi connectivity index (χ1) is 8.18. The molecule has 0 aliphatic heterocycles. The molecule has 5 nitrogen and oxygen atoms in total. The number of ether oxygens (including phenoxy) is 1. The van der Waals surface area contributed by atoms with E-state index < -0.39 is 5.97 Å². The second kappa shape index (κ2) is 4.69. The molecule has 2 aromatic rings. The van der Waals surface area contributed by atoms with Crippen LogP contribution in [0.25, 0.3) is 0 Å². The summed E-state index contributed by atoms with van der Waals surface area (Å²) in [5.41, 5.74) is 0.150. The molecule has 0 saturated carbocycles. The molecule has 0 aliphatic carbocycles. The summed E-state index contributed by atoms with van der Waals surface area (Å²) in [6.45, 7) is 0.244. The van der Waals surface area contributed by atoms with E-state index in [1.807, 2.05) is 30.3 Å². The Morgan fingerprint density at radius 3 is 2.71 bits per heavy atom. The van der Waals surface area contributed by atoms with Crippen LogP contribution in [-0.2, 0) is 13.7 Å². The fraction of sp³-hybridized carbons (Fsp3) is 0.167. The molecule has 0 unspecified atom stereocenters. The molecular formula is C12H12N2O3. The van der Waals surface area contributed by atoms with Crippen LogP contribution in [0.5, 0.6) is 5.75 Å². The predicted molar refractivity (Wildman–Crippen MR) is 60.9 cm³/mol. The third-order valence-electron chi connectivity index (χ3n) is 2.41. The number of carbonyl (C=O) groups is 1. The molecule has 0 radical (unpaired) electrons. The number of nitrogens with zero attached hydrogens (tertiary/aromatic N) is 2. The molecule has 0 bridgehead atoms. The van der Waals surface area contributed by atoms with Gasteiger partial charge in [-0.2, -0.15) is 0 Å². The SMILES string of the molecule is Cn1c(C(=O)O)cnc1COc1ccccc1. The number of rotatable bonds is 4. The Labute approximate surface area is 98.3 Å². The van der Waals surface area contributed by atoms with E-state index in [1.165, 1.54) is 10.8 Å². The van der Waals surface area contributed by atoms with Crippen molar-refractivity contribution in [3.63, 3.8) is 0 Å². The summed E-state index contributed by atoms with van der Waals surface area (Å²) in [5, 5.41) is 8.86. The number of hydrogen-bond donors (Lipinski definition) is 1. The number of benzene rings is 1. The average Bonchev–Trinajstić information content (AvgIpc) is 2.69. The van der Waals surface area contributed by atoms with Gasteiger partial charge in [0, 0.05) is 7.05 Å². The van der Waals surface area contributed by atoms with E-state index in [0.29, 0.717) is 5.82 Å². The first-order valence-electron chi connectivity index (χ1n) is 5.10. The van der Waals surface area contributed by atoms with Gasteiger partial charge in [-0.05, 0) is 12.1 Å². The summed E-state index contributed by atoms with van der Waals surface area (Å²) in [6, 6.07) is 9.31. The maximum atomic E-state index is 10.8. The van der Waals surface area contributed by atoms with E-state index in [1.54, 1.807) is 7.05 Å². The highest BCUT2D eigenvalue weighted by atomic mass is 16.5. The minimum Gasteiger partial charge on any atom is -0.486 e. The Kier molecular flexibility index (Phi) is 3.09. The lowest BCUT2D eigenvalue weighted by atomic mass is 10.3. The summed E-state index contributed by atoms with van der Waals surface area (Å²) >= 11 is 0. The number of aromatic carboxylic acids is 1. The van der Waals surface area contributed by atoms with Crippen LogP contribution in [0.3, 0.4) is 0 Å². The fourth-order valence-electron chi connectivity index (χ4n) is 1.45. The van der Waals surface area contributed by atoms with Crippen LogP contribution in [0.1, 0.15) is 16.3 Å². The monoisotopic (exact) mass is 232 g/mol. The van der Waals surface area contributed by atoms with Crippen molar-refractivity contribution in [2.45, 2.75) is 6.61 Å². The lowest BCUT2D eigenvalue weighted by Gasteiger charge is -2.06. The molecule has 1 heterocycles. The number of hydrogen-bond acceptors (Lipinski definition) is 3. The number of carboxylic acid groups (broad SMARTS) is 1. The van der Waals surface area contributed by atoms with Gasteiger partial charge in [0.2, 0.25) is 0 Å². The van der Waals surface area contributed by atoms with Gasteiger partial charge >= 0.3 is 5.97 Å². The van der Waals surface area contributed by atoms with Gasteiger partial charge in [0.05, 0.1) is 6.20 Å².